The minimum absolute atomic E-state index is 0.0668. The standard InChI is InChI=1S/C22H24O10/c1-2-10(9-23)17(27)19(29)22(30)32-21-18(28)16-14(26)7-13(25)8-15(16)31-20(21)11-3-5-12(24)6-4-11/h3-8,10,17,19,22-27,29-30H,2,9H2,1H3/t10?,17-,19?,22?/m0/s1. The molecule has 172 valence electrons. The zero-order valence-electron chi connectivity index (χ0n) is 17.0. The molecule has 0 radical (unpaired) electrons. The highest BCUT2D eigenvalue weighted by Crippen LogP contribution is 2.36. The molecule has 7 N–H and O–H groups in total. The Bertz CT molecular complexity index is 1130. The van der Waals surface area contributed by atoms with Crippen LogP contribution in [-0.2, 0) is 0 Å². The summed E-state index contributed by atoms with van der Waals surface area (Å²) < 4.78 is 11.0. The van der Waals surface area contributed by atoms with Gasteiger partial charge in [0.25, 0.3) is 0 Å². The number of hydrogen-bond acceptors (Lipinski definition) is 10. The van der Waals surface area contributed by atoms with E-state index < -0.39 is 48.0 Å². The van der Waals surface area contributed by atoms with Crippen molar-refractivity contribution < 1.29 is 44.9 Å². The van der Waals surface area contributed by atoms with Gasteiger partial charge in [-0.05, 0) is 30.7 Å². The van der Waals surface area contributed by atoms with E-state index in [0.29, 0.717) is 6.42 Å². The van der Waals surface area contributed by atoms with Crippen LogP contribution in [0.15, 0.2) is 45.6 Å². The minimum atomic E-state index is -2.10. The van der Waals surface area contributed by atoms with Crippen molar-refractivity contribution >= 4 is 11.0 Å². The third-order valence-corrected chi connectivity index (χ3v) is 5.17. The number of phenolic OH excluding ortho intramolecular Hbond substituents is 3. The van der Waals surface area contributed by atoms with Gasteiger partial charge in [-0.1, -0.05) is 6.92 Å². The minimum Gasteiger partial charge on any atom is -0.508 e. The number of aliphatic hydroxyl groups is 4. The number of rotatable bonds is 8. The molecule has 0 spiro atoms. The van der Waals surface area contributed by atoms with E-state index in [4.69, 9.17) is 9.15 Å². The molecule has 2 aromatic carbocycles. The molecule has 32 heavy (non-hydrogen) atoms. The Kier molecular flexibility index (Phi) is 6.90. The lowest BCUT2D eigenvalue weighted by atomic mass is 9.96. The highest BCUT2D eigenvalue weighted by atomic mass is 16.6. The van der Waals surface area contributed by atoms with Crippen molar-refractivity contribution in [2.75, 3.05) is 6.61 Å². The van der Waals surface area contributed by atoms with Gasteiger partial charge in [0, 0.05) is 30.2 Å². The fourth-order valence-corrected chi connectivity index (χ4v) is 3.29. The number of benzene rings is 2. The molecule has 3 unspecified atom stereocenters. The summed E-state index contributed by atoms with van der Waals surface area (Å²) in [6.45, 7) is 1.22. The van der Waals surface area contributed by atoms with Crippen molar-refractivity contribution in [3.05, 3.63) is 46.6 Å². The van der Waals surface area contributed by atoms with Gasteiger partial charge in [0.1, 0.15) is 34.3 Å². The zero-order chi connectivity index (χ0) is 23.6. The molecule has 0 fully saturated rings. The van der Waals surface area contributed by atoms with E-state index >= 15 is 0 Å². The number of aliphatic hydroxyl groups excluding tert-OH is 4. The third kappa shape index (κ3) is 4.48. The molecule has 4 atom stereocenters. The molecule has 10 nitrogen and oxygen atoms in total. The Labute approximate surface area is 181 Å². The number of ether oxygens (including phenoxy) is 1. The SMILES string of the molecule is CCC(CO)[C@H](O)C(O)C(O)Oc1c(-c2ccc(O)cc2)oc2cc(O)cc(O)c2c1=O. The van der Waals surface area contributed by atoms with Crippen molar-refractivity contribution in [2.24, 2.45) is 5.92 Å². The van der Waals surface area contributed by atoms with E-state index in [-0.39, 0.29) is 33.8 Å². The van der Waals surface area contributed by atoms with E-state index in [2.05, 4.69) is 0 Å². The summed E-state index contributed by atoms with van der Waals surface area (Å²) in [5, 5.41) is 69.3. The number of fused-ring (bicyclic) bond motifs is 1. The fourth-order valence-electron chi connectivity index (χ4n) is 3.29. The number of aromatic hydroxyl groups is 3. The van der Waals surface area contributed by atoms with Crippen molar-refractivity contribution in [2.45, 2.75) is 31.8 Å². The van der Waals surface area contributed by atoms with Gasteiger partial charge in [0.15, 0.2) is 5.76 Å². The van der Waals surface area contributed by atoms with Gasteiger partial charge >= 0.3 is 0 Å². The van der Waals surface area contributed by atoms with E-state index in [1.54, 1.807) is 6.92 Å². The molecule has 0 bridgehead atoms. The van der Waals surface area contributed by atoms with Gasteiger partial charge < -0.3 is 44.9 Å². The average Bonchev–Trinajstić information content (AvgIpc) is 2.75. The van der Waals surface area contributed by atoms with Gasteiger partial charge in [0.2, 0.25) is 17.5 Å². The summed E-state index contributed by atoms with van der Waals surface area (Å²) in [5.41, 5.74) is -0.852. The van der Waals surface area contributed by atoms with Crippen LogP contribution in [0.3, 0.4) is 0 Å². The molecule has 0 saturated heterocycles. The van der Waals surface area contributed by atoms with Crippen molar-refractivity contribution in [3.8, 4) is 34.3 Å². The summed E-state index contributed by atoms with van der Waals surface area (Å²) >= 11 is 0. The Morgan fingerprint density at radius 3 is 2.22 bits per heavy atom. The van der Waals surface area contributed by atoms with Crippen molar-refractivity contribution in [1.29, 1.82) is 0 Å². The molecule has 0 aliphatic heterocycles. The maximum atomic E-state index is 13.1. The van der Waals surface area contributed by atoms with Gasteiger partial charge in [-0.25, -0.2) is 0 Å². The lowest BCUT2D eigenvalue weighted by molar-refractivity contribution is -0.158. The summed E-state index contributed by atoms with van der Waals surface area (Å²) in [6, 6.07) is 7.44. The number of phenols is 3. The molecule has 0 aliphatic rings. The Hall–Kier alpha value is -3.31. The van der Waals surface area contributed by atoms with Crippen molar-refractivity contribution in [3.63, 3.8) is 0 Å². The number of hydrogen-bond donors (Lipinski definition) is 7. The average molecular weight is 448 g/mol. The molecule has 1 heterocycles. The molecular weight excluding hydrogens is 424 g/mol. The second kappa shape index (κ2) is 9.45. The van der Waals surface area contributed by atoms with Gasteiger partial charge in [-0.3, -0.25) is 4.79 Å². The zero-order valence-corrected chi connectivity index (χ0v) is 17.0. The van der Waals surface area contributed by atoms with Crippen LogP contribution in [0.2, 0.25) is 0 Å². The molecule has 10 heteroatoms. The maximum absolute atomic E-state index is 13.1. The third-order valence-electron chi connectivity index (χ3n) is 5.17. The maximum Gasteiger partial charge on any atom is 0.239 e. The summed E-state index contributed by atoms with van der Waals surface area (Å²) in [5.74, 6) is -2.58. The van der Waals surface area contributed by atoms with Crippen LogP contribution in [-0.4, -0.2) is 60.9 Å². The first-order valence-corrected chi connectivity index (χ1v) is 9.81. The van der Waals surface area contributed by atoms with Gasteiger partial charge in [-0.15, -0.1) is 0 Å². The highest BCUT2D eigenvalue weighted by molar-refractivity contribution is 5.88. The van der Waals surface area contributed by atoms with Gasteiger partial charge in [-0.2, -0.15) is 0 Å². The van der Waals surface area contributed by atoms with Crippen LogP contribution >= 0.6 is 0 Å². The van der Waals surface area contributed by atoms with Crippen LogP contribution in [0, 0.1) is 5.92 Å². The van der Waals surface area contributed by atoms with Crippen LogP contribution in [0.4, 0.5) is 0 Å². The van der Waals surface area contributed by atoms with Gasteiger partial charge in [0.05, 0.1) is 6.10 Å². The van der Waals surface area contributed by atoms with E-state index in [1.807, 2.05) is 0 Å². The highest BCUT2D eigenvalue weighted by Gasteiger charge is 2.33. The summed E-state index contributed by atoms with van der Waals surface area (Å²) in [4.78, 5) is 13.1. The fraction of sp³-hybridized carbons (Fsp3) is 0.318. The Morgan fingerprint density at radius 1 is 0.969 bits per heavy atom. The second-order valence-electron chi connectivity index (χ2n) is 7.31. The Balaban J connectivity index is 2.13. The predicted molar refractivity (Wildman–Crippen MR) is 112 cm³/mol. The lowest BCUT2D eigenvalue weighted by Crippen LogP contribution is -2.45. The molecule has 1 aromatic heterocycles. The van der Waals surface area contributed by atoms with Crippen LogP contribution in [0.25, 0.3) is 22.3 Å². The molecule has 0 amide bonds. The molecule has 3 aromatic rings. The molecule has 3 rings (SSSR count). The van der Waals surface area contributed by atoms with Crippen LogP contribution < -0.4 is 10.2 Å². The first-order chi connectivity index (χ1) is 15.2. The topological polar surface area (TPSA) is 181 Å². The monoisotopic (exact) mass is 448 g/mol. The molecule has 0 saturated carbocycles. The largest absolute Gasteiger partial charge is 0.508 e. The normalized spacial score (nSPS) is 15.3. The van der Waals surface area contributed by atoms with E-state index in [1.165, 1.54) is 24.3 Å². The summed E-state index contributed by atoms with van der Waals surface area (Å²) in [6.07, 6.45) is -5.24. The molecular formula is C22H24O10. The first-order valence-electron chi connectivity index (χ1n) is 9.81. The molecule has 0 aliphatic carbocycles. The Morgan fingerprint density at radius 2 is 1.62 bits per heavy atom. The van der Waals surface area contributed by atoms with E-state index in [0.717, 1.165) is 12.1 Å². The second-order valence-corrected chi connectivity index (χ2v) is 7.31. The van der Waals surface area contributed by atoms with Crippen LogP contribution in [0.1, 0.15) is 13.3 Å². The quantitative estimate of drug-likeness (QED) is 0.246. The first kappa shape index (κ1) is 23.4. The predicted octanol–water partition coefficient (Wildman–Crippen LogP) is 1.01. The smallest absolute Gasteiger partial charge is 0.239 e. The summed E-state index contributed by atoms with van der Waals surface area (Å²) in [7, 11) is 0. The van der Waals surface area contributed by atoms with E-state index in [9.17, 15) is 40.5 Å². The van der Waals surface area contributed by atoms with Crippen molar-refractivity contribution in [1.82, 2.24) is 0 Å². The lowest BCUT2D eigenvalue weighted by Gasteiger charge is -2.28. The van der Waals surface area contributed by atoms with Crippen LogP contribution in [0.5, 0.6) is 23.0 Å².